The summed E-state index contributed by atoms with van der Waals surface area (Å²) in [5.74, 6) is -4.55. The molecule has 9 nitrogen and oxygen atoms in total. The lowest BCUT2D eigenvalue weighted by Gasteiger charge is -2.33. The lowest BCUT2D eigenvalue weighted by Crippen LogP contribution is -2.48. The van der Waals surface area contributed by atoms with E-state index in [0.29, 0.717) is 37.6 Å². The van der Waals surface area contributed by atoms with Crippen molar-refractivity contribution in [3.8, 4) is 0 Å². The second-order valence-electron chi connectivity index (χ2n) is 7.65. The quantitative estimate of drug-likeness (QED) is 0.503. The van der Waals surface area contributed by atoms with E-state index in [0.717, 1.165) is 6.20 Å². The van der Waals surface area contributed by atoms with Crippen LogP contribution in [0.4, 0.5) is 35.0 Å². The first-order valence-corrected chi connectivity index (χ1v) is 10.4. The maximum absolute atomic E-state index is 14.1. The number of hydrogen-bond acceptors (Lipinski definition) is 7. The monoisotopic (exact) mass is 479 g/mol. The summed E-state index contributed by atoms with van der Waals surface area (Å²) in [7, 11) is 0. The third-order valence-corrected chi connectivity index (χ3v) is 5.16. The van der Waals surface area contributed by atoms with Crippen molar-refractivity contribution in [2.45, 2.75) is 26.1 Å². The van der Waals surface area contributed by atoms with Crippen molar-refractivity contribution in [2.24, 2.45) is 0 Å². The fourth-order valence-corrected chi connectivity index (χ4v) is 3.44. The highest BCUT2D eigenvalue weighted by Gasteiger charge is 2.24. The van der Waals surface area contributed by atoms with E-state index in [2.05, 4.69) is 25.7 Å². The van der Waals surface area contributed by atoms with Gasteiger partial charge in [0.15, 0.2) is 11.6 Å². The third kappa shape index (κ3) is 5.42. The molecule has 0 spiro atoms. The Kier molecular flexibility index (Phi) is 6.91. The lowest BCUT2D eigenvalue weighted by molar-refractivity contribution is -0.139. The molecule has 3 heterocycles. The van der Waals surface area contributed by atoms with Crippen LogP contribution in [0, 0.1) is 23.3 Å². The number of rotatable bonds is 7. The molecule has 0 unspecified atom stereocenters. The number of carbonyl (C=O) groups excluding carboxylic acids is 1. The van der Waals surface area contributed by atoms with Gasteiger partial charge in [0.05, 0.1) is 37.3 Å². The van der Waals surface area contributed by atoms with Crippen molar-refractivity contribution in [3.05, 3.63) is 59.6 Å². The molecule has 2 aromatic heterocycles. The molecule has 1 amide bonds. The SMILES string of the molecule is C[C@H]1COCCN1C(=O)Cn1cc(Nc2ncc(F)c(NCc3c(F)cc(F)cc3F)n2)cn1. The van der Waals surface area contributed by atoms with Crippen molar-refractivity contribution >= 4 is 23.4 Å². The maximum Gasteiger partial charge on any atom is 0.244 e. The molecule has 0 radical (unpaired) electrons. The molecular weight excluding hydrogens is 458 g/mol. The van der Waals surface area contributed by atoms with Crippen LogP contribution < -0.4 is 10.6 Å². The van der Waals surface area contributed by atoms with Gasteiger partial charge in [0, 0.05) is 37.0 Å². The highest BCUT2D eigenvalue weighted by molar-refractivity contribution is 5.76. The van der Waals surface area contributed by atoms with Crippen molar-refractivity contribution < 1.29 is 27.1 Å². The summed E-state index contributed by atoms with van der Waals surface area (Å²) < 4.78 is 61.6. The zero-order valence-electron chi connectivity index (χ0n) is 18.1. The number of carbonyl (C=O) groups is 1. The number of morpholine rings is 1. The summed E-state index contributed by atoms with van der Waals surface area (Å²) in [6.07, 6.45) is 3.88. The minimum atomic E-state index is -1.11. The first-order valence-electron chi connectivity index (χ1n) is 10.4. The van der Waals surface area contributed by atoms with Gasteiger partial charge in [0.2, 0.25) is 11.9 Å². The van der Waals surface area contributed by atoms with E-state index in [1.165, 1.54) is 10.9 Å². The van der Waals surface area contributed by atoms with E-state index in [4.69, 9.17) is 4.74 Å². The molecule has 1 aromatic carbocycles. The number of halogens is 4. The van der Waals surface area contributed by atoms with Crippen molar-refractivity contribution in [3.63, 3.8) is 0 Å². The van der Waals surface area contributed by atoms with Crippen LogP contribution in [0.3, 0.4) is 0 Å². The van der Waals surface area contributed by atoms with E-state index in [-0.39, 0.29) is 30.3 Å². The summed E-state index contributed by atoms with van der Waals surface area (Å²) in [5.41, 5.74) is -0.0227. The fraction of sp³-hybridized carbons (Fsp3) is 0.333. The summed E-state index contributed by atoms with van der Waals surface area (Å²) in [4.78, 5) is 22.0. The summed E-state index contributed by atoms with van der Waals surface area (Å²) in [6.45, 7) is 2.95. The van der Waals surface area contributed by atoms with Gasteiger partial charge in [-0.1, -0.05) is 0 Å². The predicted molar refractivity (Wildman–Crippen MR) is 113 cm³/mol. The Morgan fingerprint density at radius 2 is 1.94 bits per heavy atom. The highest BCUT2D eigenvalue weighted by atomic mass is 19.1. The smallest absolute Gasteiger partial charge is 0.244 e. The molecule has 1 saturated heterocycles. The average molecular weight is 479 g/mol. The Morgan fingerprint density at radius 3 is 2.68 bits per heavy atom. The minimum absolute atomic E-state index is 0.0170. The standard InChI is InChI=1S/C21H21F4N7O2/c1-12-11-34-3-2-32(12)19(33)10-31-9-14(6-28-31)29-21-27-8-18(25)20(30-21)26-7-15-16(23)4-13(22)5-17(15)24/h4-6,8-9,12H,2-3,7,10-11H2,1H3,(H2,26,27,29,30)/t12-/m0/s1. The molecule has 2 N–H and O–H groups in total. The van der Waals surface area contributed by atoms with E-state index < -0.39 is 35.4 Å². The predicted octanol–water partition coefficient (Wildman–Crippen LogP) is 2.83. The van der Waals surface area contributed by atoms with Gasteiger partial charge in [0.1, 0.15) is 24.0 Å². The third-order valence-electron chi connectivity index (χ3n) is 5.16. The number of benzene rings is 1. The van der Waals surface area contributed by atoms with Gasteiger partial charge < -0.3 is 20.3 Å². The number of hydrogen-bond donors (Lipinski definition) is 2. The van der Waals surface area contributed by atoms with Gasteiger partial charge in [-0.25, -0.2) is 22.5 Å². The van der Waals surface area contributed by atoms with Gasteiger partial charge in [-0.3, -0.25) is 9.48 Å². The molecule has 180 valence electrons. The molecule has 1 fully saturated rings. The first kappa shape index (κ1) is 23.4. The van der Waals surface area contributed by atoms with E-state index >= 15 is 0 Å². The van der Waals surface area contributed by atoms with E-state index in [9.17, 15) is 22.4 Å². The molecule has 4 rings (SSSR count). The largest absolute Gasteiger partial charge is 0.377 e. The Bertz CT molecular complexity index is 1170. The Labute approximate surface area is 191 Å². The number of aromatic nitrogens is 4. The van der Waals surface area contributed by atoms with Gasteiger partial charge in [-0.05, 0) is 6.92 Å². The number of nitrogens with one attached hydrogen (secondary N) is 2. The molecular formula is C21H21F4N7O2. The van der Waals surface area contributed by atoms with Crippen molar-refractivity contribution in [2.75, 3.05) is 30.4 Å². The average Bonchev–Trinajstić information content (AvgIpc) is 3.21. The van der Waals surface area contributed by atoms with Crippen LogP contribution in [-0.2, 0) is 22.6 Å². The minimum Gasteiger partial charge on any atom is -0.377 e. The van der Waals surface area contributed by atoms with E-state index in [1.807, 2.05) is 6.92 Å². The van der Waals surface area contributed by atoms with Crippen LogP contribution in [0.5, 0.6) is 0 Å². The molecule has 3 aromatic rings. The van der Waals surface area contributed by atoms with Gasteiger partial charge in [-0.15, -0.1) is 0 Å². The van der Waals surface area contributed by atoms with Crippen molar-refractivity contribution in [1.29, 1.82) is 0 Å². The number of amides is 1. The number of ether oxygens (including phenoxy) is 1. The number of anilines is 3. The molecule has 0 bridgehead atoms. The number of nitrogens with zero attached hydrogens (tertiary/aromatic N) is 5. The first-order chi connectivity index (χ1) is 16.3. The van der Waals surface area contributed by atoms with Crippen LogP contribution in [0.2, 0.25) is 0 Å². The molecule has 13 heteroatoms. The Morgan fingerprint density at radius 1 is 1.18 bits per heavy atom. The second kappa shape index (κ2) is 10.0. The summed E-state index contributed by atoms with van der Waals surface area (Å²) in [5, 5.41) is 9.44. The van der Waals surface area contributed by atoms with Crippen LogP contribution in [0.15, 0.2) is 30.7 Å². The topological polar surface area (TPSA) is 97.2 Å². The molecule has 0 saturated carbocycles. The van der Waals surface area contributed by atoms with Gasteiger partial charge in [-0.2, -0.15) is 10.1 Å². The van der Waals surface area contributed by atoms with Gasteiger partial charge in [0.25, 0.3) is 0 Å². The summed E-state index contributed by atoms with van der Waals surface area (Å²) >= 11 is 0. The second-order valence-corrected chi connectivity index (χ2v) is 7.65. The zero-order chi connectivity index (χ0) is 24.2. The van der Waals surface area contributed by atoms with E-state index in [1.54, 1.807) is 11.1 Å². The normalized spacial score (nSPS) is 15.9. The van der Waals surface area contributed by atoms with Crippen LogP contribution >= 0.6 is 0 Å². The van der Waals surface area contributed by atoms with Crippen LogP contribution in [0.1, 0.15) is 12.5 Å². The lowest BCUT2D eigenvalue weighted by atomic mass is 10.2. The van der Waals surface area contributed by atoms with Crippen LogP contribution in [0.25, 0.3) is 0 Å². The Balaban J connectivity index is 1.40. The zero-order valence-corrected chi connectivity index (χ0v) is 18.1. The fourth-order valence-electron chi connectivity index (χ4n) is 3.44. The molecule has 1 aliphatic heterocycles. The van der Waals surface area contributed by atoms with Crippen LogP contribution in [-0.4, -0.2) is 56.4 Å². The van der Waals surface area contributed by atoms with Crippen molar-refractivity contribution in [1.82, 2.24) is 24.6 Å². The molecule has 0 aliphatic carbocycles. The molecule has 1 aliphatic rings. The molecule has 1 atom stereocenters. The molecule has 34 heavy (non-hydrogen) atoms. The maximum atomic E-state index is 14.1. The Hall–Kier alpha value is -3.74. The summed E-state index contributed by atoms with van der Waals surface area (Å²) in [6, 6.07) is 1.04. The van der Waals surface area contributed by atoms with Gasteiger partial charge >= 0.3 is 0 Å². The highest BCUT2D eigenvalue weighted by Crippen LogP contribution is 2.20.